The van der Waals surface area contributed by atoms with Gasteiger partial charge in [0.2, 0.25) is 5.88 Å². The lowest BCUT2D eigenvalue weighted by molar-refractivity contribution is 0.386. The molecule has 20 heavy (non-hydrogen) atoms. The van der Waals surface area contributed by atoms with Crippen LogP contribution < -0.4 is 10.1 Å². The average Bonchev–Trinajstić information content (AvgIpc) is 2.48. The predicted octanol–water partition coefficient (Wildman–Crippen LogP) is 2.82. The number of nitrogens with one attached hydrogen (secondary N) is 1. The fourth-order valence-corrected chi connectivity index (χ4v) is 2.04. The second kappa shape index (κ2) is 5.92. The van der Waals surface area contributed by atoms with E-state index in [-0.39, 0.29) is 11.4 Å². The zero-order valence-corrected chi connectivity index (χ0v) is 11.0. The van der Waals surface area contributed by atoms with E-state index in [1.54, 1.807) is 19.2 Å². The molecule has 2 rings (SSSR count). The lowest BCUT2D eigenvalue weighted by Crippen LogP contribution is -2.20. The molecule has 0 amide bonds. The van der Waals surface area contributed by atoms with E-state index in [0.29, 0.717) is 5.56 Å². The quantitative estimate of drug-likeness (QED) is 0.876. The number of aromatic nitrogens is 1. The standard InChI is InChI=1S/C14H13F3N2O/c1-18-13(9-4-3-7-19-14(9)20-2)8-5-6-10(15)12(17)11(8)16/h3-7,13,18H,1-2H3. The van der Waals surface area contributed by atoms with Gasteiger partial charge in [0.05, 0.1) is 13.2 Å². The third-order valence-electron chi connectivity index (χ3n) is 2.97. The molecule has 0 saturated carbocycles. The summed E-state index contributed by atoms with van der Waals surface area (Å²) in [5.41, 5.74) is 0.514. The SMILES string of the molecule is CNC(c1cccnc1OC)c1ccc(F)c(F)c1F. The van der Waals surface area contributed by atoms with Crippen LogP contribution in [0.2, 0.25) is 0 Å². The lowest BCUT2D eigenvalue weighted by atomic mass is 9.99. The van der Waals surface area contributed by atoms with Gasteiger partial charge in [-0.25, -0.2) is 18.2 Å². The molecule has 0 radical (unpaired) electrons. The van der Waals surface area contributed by atoms with E-state index >= 15 is 0 Å². The molecule has 1 atom stereocenters. The first-order valence-corrected chi connectivity index (χ1v) is 5.89. The average molecular weight is 282 g/mol. The Morgan fingerprint density at radius 2 is 1.85 bits per heavy atom. The van der Waals surface area contributed by atoms with Crippen molar-refractivity contribution in [3.63, 3.8) is 0 Å². The van der Waals surface area contributed by atoms with E-state index in [9.17, 15) is 13.2 Å². The molecule has 1 unspecified atom stereocenters. The normalized spacial score (nSPS) is 12.2. The highest BCUT2D eigenvalue weighted by molar-refractivity contribution is 5.38. The molecule has 1 heterocycles. The molecule has 0 aliphatic carbocycles. The topological polar surface area (TPSA) is 34.2 Å². The summed E-state index contributed by atoms with van der Waals surface area (Å²) in [6.07, 6.45) is 1.52. The smallest absolute Gasteiger partial charge is 0.218 e. The fourth-order valence-electron chi connectivity index (χ4n) is 2.04. The molecule has 0 aliphatic heterocycles. The minimum Gasteiger partial charge on any atom is -0.481 e. The van der Waals surface area contributed by atoms with Gasteiger partial charge in [-0.1, -0.05) is 12.1 Å². The van der Waals surface area contributed by atoms with E-state index in [4.69, 9.17) is 4.74 Å². The highest BCUT2D eigenvalue weighted by Gasteiger charge is 2.23. The zero-order chi connectivity index (χ0) is 14.7. The van der Waals surface area contributed by atoms with Gasteiger partial charge in [-0.2, -0.15) is 0 Å². The number of benzene rings is 1. The van der Waals surface area contributed by atoms with Crippen LogP contribution >= 0.6 is 0 Å². The molecule has 106 valence electrons. The van der Waals surface area contributed by atoms with Gasteiger partial charge in [-0.3, -0.25) is 0 Å². The molecule has 0 bridgehead atoms. The summed E-state index contributed by atoms with van der Waals surface area (Å²) >= 11 is 0. The number of halogens is 3. The fraction of sp³-hybridized carbons (Fsp3) is 0.214. The van der Waals surface area contributed by atoms with Gasteiger partial charge >= 0.3 is 0 Å². The molecule has 1 aromatic heterocycles. The Morgan fingerprint density at radius 1 is 1.10 bits per heavy atom. The molecule has 1 aromatic carbocycles. The molecule has 2 aromatic rings. The van der Waals surface area contributed by atoms with Crippen molar-refractivity contribution in [2.75, 3.05) is 14.2 Å². The summed E-state index contributed by atoms with van der Waals surface area (Å²) in [5, 5.41) is 2.85. The Morgan fingerprint density at radius 3 is 2.50 bits per heavy atom. The maximum absolute atomic E-state index is 13.9. The molecule has 1 N–H and O–H groups in total. The summed E-state index contributed by atoms with van der Waals surface area (Å²) < 4.78 is 45.4. The van der Waals surface area contributed by atoms with Crippen molar-refractivity contribution >= 4 is 0 Å². The van der Waals surface area contributed by atoms with E-state index in [2.05, 4.69) is 10.3 Å². The molecular weight excluding hydrogens is 269 g/mol. The highest BCUT2D eigenvalue weighted by Crippen LogP contribution is 2.30. The maximum Gasteiger partial charge on any atom is 0.218 e. The minimum absolute atomic E-state index is 0.0160. The number of rotatable bonds is 4. The van der Waals surface area contributed by atoms with Crippen molar-refractivity contribution in [1.29, 1.82) is 0 Å². The second-order valence-corrected chi connectivity index (χ2v) is 4.09. The third kappa shape index (κ3) is 2.46. The molecule has 3 nitrogen and oxygen atoms in total. The summed E-state index contributed by atoms with van der Waals surface area (Å²) in [4.78, 5) is 4.01. The monoisotopic (exact) mass is 282 g/mol. The highest BCUT2D eigenvalue weighted by atomic mass is 19.2. The zero-order valence-electron chi connectivity index (χ0n) is 11.0. The van der Waals surface area contributed by atoms with Crippen LogP contribution in [-0.2, 0) is 0 Å². The largest absolute Gasteiger partial charge is 0.481 e. The third-order valence-corrected chi connectivity index (χ3v) is 2.97. The van der Waals surface area contributed by atoms with Crippen LogP contribution in [0.5, 0.6) is 5.88 Å². The van der Waals surface area contributed by atoms with Crippen molar-refractivity contribution in [1.82, 2.24) is 10.3 Å². The van der Waals surface area contributed by atoms with Crippen LogP contribution in [0, 0.1) is 17.5 Å². The van der Waals surface area contributed by atoms with Gasteiger partial charge in [0.25, 0.3) is 0 Å². The molecule has 0 spiro atoms. The minimum atomic E-state index is -1.49. The van der Waals surface area contributed by atoms with Crippen molar-refractivity contribution < 1.29 is 17.9 Å². The lowest BCUT2D eigenvalue weighted by Gasteiger charge is -2.19. The first kappa shape index (κ1) is 14.3. The first-order valence-electron chi connectivity index (χ1n) is 5.89. The van der Waals surface area contributed by atoms with Crippen molar-refractivity contribution in [2.24, 2.45) is 0 Å². The number of nitrogens with zero attached hydrogens (tertiary/aromatic N) is 1. The number of pyridine rings is 1. The van der Waals surface area contributed by atoms with Crippen LogP contribution in [0.4, 0.5) is 13.2 Å². The van der Waals surface area contributed by atoms with Crippen molar-refractivity contribution in [3.8, 4) is 5.88 Å². The summed E-state index contributed by atoms with van der Waals surface area (Å²) in [6, 6.07) is 4.71. The van der Waals surface area contributed by atoms with Crippen LogP contribution in [0.15, 0.2) is 30.5 Å². The Kier molecular flexibility index (Phi) is 4.24. The number of hydrogen-bond acceptors (Lipinski definition) is 3. The van der Waals surface area contributed by atoms with Gasteiger partial charge < -0.3 is 10.1 Å². The van der Waals surface area contributed by atoms with Crippen LogP contribution in [0.1, 0.15) is 17.2 Å². The van der Waals surface area contributed by atoms with Crippen LogP contribution in [0.3, 0.4) is 0 Å². The number of methoxy groups -OCH3 is 1. The van der Waals surface area contributed by atoms with Crippen molar-refractivity contribution in [3.05, 3.63) is 59.0 Å². The molecular formula is C14H13F3N2O. The van der Waals surface area contributed by atoms with E-state index in [0.717, 1.165) is 6.07 Å². The van der Waals surface area contributed by atoms with Gasteiger partial charge in [0, 0.05) is 17.3 Å². The first-order chi connectivity index (χ1) is 9.60. The van der Waals surface area contributed by atoms with Crippen LogP contribution in [-0.4, -0.2) is 19.1 Å². The molecule has 0 fully saturated rings. The van der Waals surface area contributed by atoms with E-state index < -0.39 is 23.5 Å². The summed E-state index contributed by atoms with van der Waals surface area (Å²) in [7, 11) is 3.01. The summed E-state index contributed by atoms with van der Waals surface area (Å²) in [5.74, 6) is -3.66. The van der Waals surface area contributed by atoms with Gasteiger partial charge in [0.15, 0.2) is 17.5 Å². The van der Waals surface area contributed by atoms with Crippen molar-refractivity contribution in [2.45, 2.75) is 6.04 Å². The molecule has 0 saturated heterocycles. The number of hydrogen-bond donors (Lipinski definition) is 1. The summed E-state index contributed by atoms with van der Waals surface area (Å²) in [6.45, 7) is 0. The molecule has 0 aliphatic rings. The van der Waals surface area contributed by atoms with E-state index in [1.165, 1.54) is 19.4 Å². The second-order valence-electron chi connectivity index (χ2n) is 4.09. The van der Waals surface area contributed by atoms with Gasteiger partial charge in [-0.05, 0) is 19.2 Å². The predicted molar refractivity (Wildman–Crippen MR) is 68.0 cm³/mol. The number of ether oxygens (including phenoxy) is 1. The van der Waals surface area contributed by atoms with Crippen LogP contribution in [0.25, 0.3) is 0 Å². The Bertz CT molecular complexity index is 619. The van der Waals surface area contributed by atoms with E-state index in [1.807, 2.05) is 0 Å². The Labute approximate surface area is 114 Å². The Hall–Kier alpha value is -2.08. The molecule has 6 heteroatoms. The van der Waals surface area contributed by atoms with Gasteiger partial charge in [0.1, 0.15) is 0 Å². The van der Waals surface area contributed by atoms with Gasteiger partial charge in [-0.15, -0.1) is 0 Å². The Balaban J connectivity index is 2.56. The maximum atomic E-state index is 13.9.